The van der Waals surface area contributed by atoms with E-state index in [4.69, 9.17) is 9.15 Å². The van der Waals surface area contributed by atoms with Crippen molar-refractivity contribution in [2.45, 2.75) is 17.0 Å². The van der Waals surface area contributed by atoms with Gasteiger partial charge in [0, 0.05) is 16.7 Å². The highest BCUT2D eigenvalue weighted by atomic mass is 32.2. The molecule has 1 heterocycles. The Morgan fingerprint density at radius 1 is 1.15 bits per heavy atom. The lowest BCUT2D eigenvalue weighted by Gasteiger charge is -2.00. The minimum absolute atomic E-state index is 0.271. The second kappa shape index (κ2) is 8.41. The van der Waals surface area contributed by atoms with Crippen LogP contribution in [0.15, 0.2) is 74.6 Å². The number of thioether (sulfide) groups is 1. The van der Waals surface area contributed by atoms with Crippen LogP contribution in [0.3, 0.4) is 0 Å². The fourth-order valence-electron chi connectivity index (χ4n) is 2.23. The van der Waals surface area contributed by atoms with Crippen LogP contribution in [0.25, 0.3) is 11.5 Å². The number of nitrogens with zero attached hydrogens (tertiary/aromatic N) is 2. The first-order valence-electron chi connectivity index (χ1n) is 8.07. The zero-order valence-electron chi connectivity index (χ0n) is 14.8. The third-order valence-electron chi connectivity index (χ3n) is 3.65. The zero-order valence-corrected chi connectivity index (χ0v) is 16.5. The van der Waals surface area contributed by atoms with Gasteiger partial charge in [0.1, 0.15) is 5.75 Å². The molecule has 0 bridgehead atoms. The zero-order chi connectivity index (χ0) is 19.3. The predicted molar refractivity (Wildman–Crippen MR) is 105 cm³/mol. The second-order valence-corrected chi connectivity index (χ2v) is 8.45. The molecule has 0 aliphatic rings. The topological polar surface area (TPSA) is 82.3 Å². The summed E-state index contributed by atoms with van der Waals surface area (Å²) >= 11 is 1.26. The van der Waals surface area contributed by atoms with Gasteiger partial charge in [-0.1, -0.05) is 41.6 Å². The second-order valence-electron chi connectivity index (χ2n) is 5.65. The number of rotatable bonds is 7. The van der Waals surface area contributed by atoms with Crippen molar-refractivity contribution in [1.29, 1.82) is 0 Å². The summed E-state index contributed by atoms with van der Waals surface area (Å²) in [6, 6.07) is 14.1. The molecule has 27 heavy (non-hydrogen) atoms. The Bertz CT molecular complexity index is 1040. The number of methoxy groups -OCH3 is 1. The molecule has 0 spiro atoms. The molecule has 2 aromatic carbocycles. The normalized spacial score (nSPS) is 11.8. The summed E-state index contributed by atoms with van der Waals surface area (Å²) in [6.45, 7) is 1.91. The van der Waals surface area contributed by atoms with Crippen molar-refractivity contribution in [3.8, 4) is 17.2 Å². The van der Waals surface area contributed by atoms with Gasteiger partial charge < -0.3 is 9.15 Å². The first-order valence-corrected chi connectivity index (χ1v) is 10.6. The quantitative estimate of drug-likeness (QED) is 0.549. The summed E-state index contributed by atoms with van der Waals surface area (Å²) in [4.78, 5) is 0.271. The lowest BCUT2D eigenvalue weighted by atomic mass is 10.2. The molecule has 0 aliphatic carbocycles. The van der Waals surface area contributed by atoms with Gasteiger partial charge in [0.05, 0.1) is 12.0 Å². The molecule has 0 atom stereocenters. The van der Waals surface area contributed by atoms with E-state index in [1.165, 1.54) is 17.2 Å². The van der Waals surface area contributed by atoms with E-state index in [2.05, 4.69) is 10.2 Å². The number of ether oxygens (including phenoxy) is 1. The molecule has 140 valence electrons. The maximum absolute atomic E-state index is 12.2. The van der Waals surface area contributed by atoms with Crippen molar-refractivity contribution >= 4 is 21.6 Å². The van der Waals surface area contributed by atoms with Crippen LogP contribution in [0.1, 0.15) is 5.56 Å². The molecular weight excluding hydrogens is 384 g/mol. The van der Waals surface area contributed by atoms with Crippen LogP contribution in [0.5, 0.6) is 5.75 Å². The lowest BCUT2D eigenvalue weighted by molar-refractivity contribution is 0.414. The van der Waals surface area contributed by atoms with Crippen LogP contribution in [0.2, 0.25) is 0 Å². The molecular formula is C19H18N2O4S2. The average Bonchev–Trinajstić information content (AvgIpc) is 3.15. The van der Waals surface area contributed by atoms with Gasteiger partial charge in [0.15, 0.2) is 9.84 Å². The van der Waals surface area contributed by atoms with Crippen LogP contribution >= 0.6 is 11.8 Å². The third-order valence-corrected chi connectivity index (χ3v) is 5.90. The van der Waals surface area contributed by atoms with Crippen molar-refractivity contribution in [2.24, 2.45) is 0 Å². The Hall–Kier alpha value is -2.58. The molecule has 3 aromatic rings. The van der Waals surface area contributed by atoms with Gasteiger partial charge in [-0.25, -0.2) is 8.42 Å². The van der Waals surface area contributed by atoms with Crippen molar-refractivity contribution in [3.63, 3.8) is 0 Å². The molecule has 0 aliphatic heterocycles. The molecule has 0 saturated heterocycles. The Morgan fingerprint density at radius 2 is 1.93 bits per heavy atom. The summed E-state index contributed by atoms with van der Waals surface area (Å²) < 4.78 is 35.3. The molecule has 0 radical (unpaired) electrons. The summed E-state index contributed by atoms with van der Waals surface area (Å²) in [6.07, 6.45) is 1.56. The summed E-state index contributed by atoms with van der Waals surface area (Å²) in [5, 5.41) is 9.55. The van der Waals surface area contributed by atoms with Crippen LogP contribution < -0.4 is 4.74 Å². The molecule has 0 amide bonds. The smallest absolute Gasteiger partial charge is 0.277 e. The minimum atomic E-state index is -3.45. The molecule has 6 nitrogen and oxygen atoms in total. The standard InChI is InChI=1S/C19H18N2O4S2/c1-14-7-9-17(10-8-14)27(22,23)12-4-11-26-19-21-20-18(25-19)15-5-3-6-16(13-15)24-2/h3-10,12-13H,11H2,1-2H3/b12-4+. The summed E-state index contributed by atoms with van der Waals surface area (Å²) in [5.74, 6) is 1.47. The third kappa shape index (κ3) is 4.99. The number of hydrogen-bond acceptors (Lipinski definition) is 7. The molecule has 0 saturated carbocycles. The Balaban J connectivity index is 1.61. The Labute approximate surface area is 162 Å². The first kappa shape index (κ1) is 19.2. The van der Waals surface area contributed by atoms with Gasteiger partial charge >= 0.3 is 0 Å². The van der Waals surface area contributed by atoms with Crippen molar-refractivity contribution in [1.82, 2.24) is 10.2 Å². The van der Waals surface area contributed by atoms with Crippen molar-refractivity contribution < 1.29 is 17.6 Å². The molecule has 0 unspecified atom stereocenters. The van der Waals surface area contributed by atoms with E-state index in [0.717, 1.165) is 11.1 Å². The van der Waals surface area contributed by atoms with Gasteiger partial charge in [-0.05, 0) is 37.3 Å². The minimum Gasteiger partial charge on any atom is -0.497 e. The SMILES string of the molecule is COc1cccc(-c2nnc(SC/C=C/S(=O)(=O)c3ccc(C)cc3)o2)c1. The van der Waals surface area contributed by atoms with E-state index < -0.39 is 9.84 Å². The number of aromatic nitrogens is 2. The van der Waals surface area contributed by atoms with Gasteiger partial charge in [0.25, 0.3) is 5.22 Å². The van der Waals surface area contributed by atoms with E-state index >= 15 is 0 Å². The van der Waals surface area contributed by atoms with E-state index in [-0.39, 0.29) is 4.90 Å². The highest BCUT2D eigenvalue weighted by molar-refractivity contribution is 7.99. The number of benzene rings is 2. The van der Waals surface area contributed by atoms with Crippen LogP contribution in [-0.4, -0.2) is 31.5 Å². The van der Waals surface area contributed by atoms with Crippen LogP contribution in [-0.2, 0) is 9.84 Å². The largest absolute Gasteiger partial charge is 0.497 e. The van der Waals surface area contributed by atoms with E-state index in [9.17, 15) is 8.42 Å². The average molecular weight is 402 g/mol. The molecule has 8 heteroatoms. The molecule has 3 rings (SSSR count). The molecule has 1 aromatic heterocycles. The van der Waals surface area contributed by atoms with Gasteiger partial charge in [-0.15, -0.1) is 10.2 Å². The fraction of sp³-hybridized carbons (Fsp3) is 0.158. The maximum Gasteiger partial charge on any atom is 0.277 e. The van der Waals surface area contributed by atoms with Gasteiger partial charge in [-0.3, -0.25) is 0 Å². The van der Waals surface area contributed by atoms with E-state index in [0.29, 0.717) is 22.6 Å². The fourth-order valence-corrected chi connectivity index (χ4v) is 3.95. The Morgan fingerprint density at radius 3 is 2.67 bits per heavy atom. The van der Waals surface area contributed by atoms with E-state index in [1.54, 1.807) is 43.5 Å². The maximum atomic E-state index is 12.2. The molecule has 0 fully saturated rings. The Kier molecular flexibility index (Phi) is 5.98. The lowest BCUT2D eigenvalue weighted by Crippen LogP contribution is -1.96. The highest BCUT2D eigenvalue weighted by Crippen LogP contribution is 2.26. The van der Waals surface area contributed by atoms with E-state index in [1.807, 2.05) is 25.1 Å². The first-order chi connectivity index (χ1) is 13.0. The summed E-state index contributed by atoms with van der Waals surface area (Å²) in [5.41, 5.74) is 1.77. The monoisotopic (exact) mass is 402 g/mol. The summed E-state index contributed by atoms with van der Waals surface area (Å²) in [7, 11) is -1.86. The van der Waals surface area contributed by atoms with Crippen molar-refractivity contribution in [2.75, 3.05) is 12.9 Å². The van der Waals surface area contributed by atoms with Crippen molar-refractivity contribution in [3.05, 3.63) is 65.6 Å². The van der Waals surface area contributed by atoms with Crippen LogP contribution in [0.4, 0.5) is 0 Å². The predicted octanol–water partition coefficient (Wildman–Crippen LogP) is 4.13. The number of aryl methyl sites for hydroxylation is 1. The van der Waals surface area contributed by atoms with Gasteiger partial charge in [-0.2, -0.15) is 0 Å². The number of sulfone groups is 1. The van der Waals surface area contributed by atoms with Crippen LogP contribution in [0, 0.1) is 6.92 Å². The number of hydrogen-bond donors (Lipinski definition) is 0. The highest BCUT2D eigenvalue weighted by Gasteiger charge is 2.11. The molecule has 0 N–H and O–H groups in total. The van der Waals surface area contributed by atoms with Gasteiger partial charge in [0.2, 0.25) is 5.89 Å².